The Kier molecular flexibility index (Phi) is 11.3. The third kappa shape index (κ3) is 9.09. The van der Waals surface area contributed by atoms with E-state index in [-0.39, 0.29) is 24.8 Å². The molecule has 2 fully saturated rings. The van der Waals surface area contributed by atoms with Crippen LogP contribution in [0.4, 0.5) is 0 Å². The maximum atomic E-state index is 13.8. The minimum atomic E-state index is -1.46. The van der Waals surface area contributed by atoms with Crippen molar-refractivity contribution in [3.63, 3.8) is 0 Å². The lowest BCUT2D eigenvalue weighted by atomic mass is 9.89. The van der Waals surface area contributed by atoms with Crippen LogP contribution in [-0.2, 0) is 28.7 Å². The number of carbonyl (C=O) groups is 4. The molecule has 5 atom stereocenters. The first-order chi connectivity index (χ1) is 20.6. The van der Waals surface area contributed by atoms with Gasteiger partial charge in [-0.3, -0.25) is 24.1 Å². The summed E-state index contributed by atoms with van der Waals surface area (Å²) in [6.07, 6.45) is 4.84. The number of benzene rings is 1. The van der Waals surface area contributed by atoms with Gasteiger partial charge in [0.2, 0.25) is 17.7 Å². The molecule has 0 radical (unpaired) electrons. The Morgan fingerprint density at radius 3 is 2.35 bits per heavy atom. The summed E-state index contributed by atoms with van der Waals surface area (Å²) in [5.41, 5.74) is 0.474. The van der Waals surface area contributed by atoms with Gasteiger partial charge in [0, 0.05) is 13.1 Å². The van der Waals surface area contributed by atoms with Crippen molar-refractivity contribution in [1.29, 1.82) is 0 Å². The van der Waals surface area contributed by atoms with Gasteiger partial charge >= 0.3 is 0 Å². The predicted octanol–water partition coefficient (Wildman–Crippen LogP) is 0.784. The molecule has 0 spiro atoms. The van der Waals surface area contributed by atoms with Crippen LogP contribution in [-0.4, -0.2) is 104 Å². The van der Waals surface area contributed by atoms with Gasteiger partial charge in [-0.2, -0.15) is 0 Å². The largest absolute Gasteiger partial charge is 0.497 e. The molecule has 4 rings (SSSR count). The summed E-state index contributed by atoms with van der Waals surface area (Å²) >= 11 is 0. The lowest BCUT2D eigenvalue weighted by Gasteiger charge is -2.29. The molecule has 3 amide bonds. The number of amides is 3. The number of epoxide rings is 1. The Hall–Kier alpha value is -3.32. The standard InChI is InChI=1S/C31H44N4O8/c1-20(32-25(36)18-35-13-15-42-16-14-35)29(39)34-26(27(37)22-9-11-23(41-3)12-10-22)30(40)33-24(28(38)31(2)19-43-31)17-21-7-5-4-6-8-21/h7,9-12,20,24,26-27,37H,4-6,8,13-19H2,1-3H3,(H,32,36)(H,33,40)(H,34,39)/t20?,24?,26-,27+,31?/m0/s1. The summed E-state index contributed by atoms with van der Waals surface area (Å²) in [6.45, 7) is 5.89. The molecule has 2 saturated heterocycles. The molecule has 2 heterocycles. The summed E-state index contributed by atoms with van der Waals surface area (Å²) in [6, 6.07) is 3.13. The van der Waals surface area contributed by atoms with Crippen molar-refractivity contribution in [1.82, 2.24) is 20.9 Å². The van der Waals surface area contributed by atoms with Crippen molar-refractivity contribution in [2.24, 2.45) is 0 Å². The molecule has 0 aromatic heterocycles. The van der Waals surface area contributed by atoms with Crippen LogP contribution in [0, 0.1) is 0 Å². The number of rotatable bonds is 14. The van der Waals surface area contributed by atoms with Crippen molar-refractivity contribution in [2.75, 3.05) is 46.6 Å². The first-order valence-electron chi connectivity index (χ1n) is 15.0. The molecular formula is C31H44N4O8. The van der Waals surface area contributed by atoms with Crippen LogP contribution in [0.25, 0.3) is 0 Å². The van der Waals surface area contributed by atoms with Gasteiger partial charge in [0.25, 0.3) is 0 Å². The molecule has 12 heteroatoms. The average molecular weight is 601 g/mol. The van der Waals surface area contributed by atoms with Crippen LogP contribution in [0.5, 0.6) is 5.75 Å². The quantitative estimate of drug-likeness (QED) is 0.179. The number of nitrogens with one attached hydrogen (secondary N) is 3. The Balaban J connectivity index is 1.49. The number of allylic oxidation sites excluding steroid dienone is 1. The molecule has 43 heavy (non-hydrogen) atoms. The molecule has 4 N–H and O–H groups in total. The van der Waals surface area contributed by atoms with Crippen LogP contribution in [0.3, 0.4) is 0 Å². The highest BCUT2D eigenvalue weighted by molar-refractivity contribution is 5.98. The number of hydrogen-bond donors (Lipinski definition) is 4. The smallest absolute Gasteiger partial charge is 0.246 e. The molecule has 236 valence electrons. The first kappa shape index (κ1) is 32.6. The van der Waals surface area contributed by atoms with E-state index in [1.807, 2.05) is 4.90 Å². The van der Waals surface area contributed by atoms with E-state index in [4.69, 9.17) is 14.2 Å². The highest BCUT2D eigenvalue weighted by atomic mass is 16.6. The normalized spacial score (nSPS) is 23.1. The molecule has 0 saturated carbocycles. The van der Waals surface area contributed by atoms with Crippen LogP contribution in [0.15, 0.2) is 35.9 Å². The van der Waals surface area contributed by atoms with E-state index in [1.165, 1.54) is 14.0 Å². The number of Topliss-reactive ketones (excluding diaryl/α,β-unsaturated/α-hetero) is 1. The van der Waals surface area contributed by atoms with E-state index in [1.54, 1.807) is 31.2 Å². The lowest BCUT2D eigenvalue weighted by molar-refractivity contribution is -0.136. The van der Waals surface area contributed by atoms with E-state index in [0.29, 0.717) is 44.0 Å². The van der Waals surface area contributed by atoms with E-state index < -0.39 is 41.6 Å². The van der Waals surface area contributed by atoms with Crippen LogP contribution < -0.4 is 20.7 Å². The topological polar surface area (TPSA) is 159 Å². The average Bonchev–Trinajstić information content (AvgIpc) is 3.77. The second-order valence-corrected chi connectivity index (χ2v) is 11.6. The molecule has 2 aliphatic heterocycles. The molecule has 1 aromatic rings. The van der Waals surface area contributed by atoms with Gasteiger partial charge in [0.15, 0.2) is 5.78 Å². The van der Waals surface area contributed by atoms with E-state index in [9.17, 15) is 24.3 Å². The minimum absolute atomic E-state index is 0.111. The minimum Gasteiger partial charge on any atom is -0.497 e. The fourth-order valence-corrected chi connectivity index (χ4v) is 5.32. The van der Waals surface area contributed by atoms with Crippen LogP contribution in [0.2, 0.25) is 0 Å². The summed E-state index contributed by atoms with van der Waals surface area (Å²) in [4.78, 5) is 55.0. The van der Waals surface area contributed by atoms with Crippen LogP contribution in [0.1, 0.15) is 57.6 Å². The van der Waals surface area contributed by atoms with Crippen molar-refractivity contribution < 1.29 is 38.5 Å². The first-order valence-corrected chi connectivity index (χ1v) is 15.0. The van der Waals surface area contributed by atoms with Gasteiger partial charge in [-0.15, -0.1) is 0 Å². The van der Waals surface area contributed by atoms with E-state index >= 15 is 0 Å². The summed E-state index contributed by atoms with van der Waals surface area (Å²) in [5, 5.41) is 19.4. The fraction of sp³-hybridized carbons (Fsp3) is 0.613. The number of morpholine rings is 1. The molecule has 3 aliphatic rings. The number of methoxy groups -OCH3 is 1. The molecule has 12 nitrogen and oxygen atoms in total. The highest BCUT2D eigenvalue weighted by Gasteiger charge is 2.50. The van der Waals surface area contributed by atoms with Gasteiger partial charge < -0.3 is 35.3 Å². The second kappa shape index (κ2) is 14.9. The summed E-state index contributed by atoms with van der Waals surface area (Å²) in [5.74, 6) is -1.41. The van der Waals surface area contributed by atoms with Gasteiger partial charge in [0.1, 0.15) is 29.5 Å². The predicted molar refractivity (Wildman–Crippen MR) is 157 cm³/mol. The zero-order chi connectivity index (χ0) is 31.0. The summed E-state index contributed by atoms with van der Waals surface area (Å²) in [7, 11) is 1.51. The Labute approximate surface area is 252 Å². The SMILES string of the molecule is COc1ccc([C@@H](O)[C@H](NC(=O)C(C)NC(=O)CN2CCOCC2)C(=O)NC(CC2=CCCCC2)C(=O)C2(C)CO2)cc1. The molecular weight excluding hydrogens is 556 g/mol. The number of nitrogens with zero attached hydrogens (tertiary/aromatic N) is 1. The van der Waals surface area contributed by atoms with Crippen molar-refractivity contribution in [3.8, 4) is 5.75 Å². The Morgan fingerprint density at radius 2 is 1.74 bits per heavy atom. The van der Waals surface area contributed by atoms with E-state index in [0.717, 1.165) is 31.3 Å². The molecule has 1 aromatic carbocycles. The number of hydrogen-bond acceptors (Lipinski definition) is 9. The molecule has 0 bridgehead atoms. The monoisotopic (exact) mass is 600 g/mol. The number of aliphatic hydroxyl groups excluding tert-OH is 1. The summed E-state index contributed by atoms with van der Waals surface area (Å²) < 4.78 is 15.9. The van der Waals surface area contributed by atoms with Gasteiger partial charge in [-0.1, -0.05) is 23.8 Å². The zero-order valence-electron chi connectivity index (χ0n) is 25.2. The van der Waals surface area contributed by atoms with Crippen LogP contribution >= 0.6 is 0 Å². The molecule has 1 aliphatic carbocycles. The van der Waals surface area contributed by atoms with Crippen molar-refractivity contribution in [2.45, 2.75) is 75.8 Å². The Morgan fingerprint density at radius 1 is 1.05 bits per heavy atom. The van der Waals surface area contributed by atoms with Crippen molar-refractivity contribution in [3.05, 3.63) is 41.5 Å². The highest BCUT2D eigenvalue weighted by Crippen LogP contribution is 2.31. The maximum Gasteiger partial charge on any atom is 0.246 e. The number of aliphatic hydroxyl groups is 1. The third-order valence-corrected chi connectivity index (χ3v) is 8.18. The third-order valence-electron chi connectivity index (χ3n) is 8.18. The number of carbonyl (C=O) groups excluding carboxylic acids is 4. The van der Waals surface area contributed by atoms with Gasteiger partial charge in [0.05, 0.1) is 39.5 Å². The van der Waals surface area contributed by atoms with Gasteiger partial charge in [-0.25, -0.2) is 0 Å². The van der Waals surface area contributed by atoms with Crippen molar-refractivity contribution >= 4 is 23.5 Å². The van der Waals surface area contributed by atoms with Gasteiger partial charge in [-0.05, 0) is 63.6 Å². The second-order valence-electron chi connectivity index (χ2n) is 11.6. The molecule has 3 unspecified atom stereocenters. The Bertz CT molecular complexity index is 1180. The number of ether oxygens (including phenoxy) is 3. The lowest BCUT2D eigenvalue weighted by Crippen LogP contribution is -2.58. The zero-order valence-corrected chi connectivity index (χ0v) is 25.2. The fourth-order valence-electron chi connectivity index (χ4n) is 5.32. The maximum absolute atomic E-state index is 13.8. The number of ketones is 1. The van der Waals surface area contributed by atoms with E-state index in [2.05, 4.69) is 22.0 Å².